The van der Waals surface area contributed by atoms with Crippen molar-refractivity contribution in [3.05, 3.63) is 69.7 Å². The van der Waals surface area contributed by atoms with Gasteiger partial charge in [-0.15, -0.1) is 0 Å². The van der Waals surface area contributed by atoms with E-state index in [1.165, 1.54) is 12.1 Å². The minimum atomic E-state index is -0.960. The predicted octanol–water partition coefficient (Wildman–Crippen LogP) is 4.00. The number of hydrogen-bond donors (Lipinski definition) is 1. The maximum Gasteiger partial charge on any atom is 0.335 e. The second-order valence-electron chi connectivity index (χ2n) is 4.44. The number of carboxylic acids is 1. The molecule has 0 aliphatic rings. The predicted molar refractivity (Wildman–Crippen MR) is 79.6 cm³/mol. The standard InChI is InChI=1S/C16H12BrNO2/c17-15-7-1-11(2-8-15)9-14(10-18)12-3-5-13(6-4-12)16(19)20/h1-8,14H,9H2,(H,19,20). The molecule has 2 aromatic rings. The van der Waals surface area contributed by atoms with Crippen molar-refractivity contribution in [3.8, 4) is 6.07 Å². The highest BCUT2D eigenvalue weighted by atomic mass is 79.9. The topological polar surface area (TPSA) is 61.1 Å². The van der Waals surface area contributed by atoms with Crippen molar-refractivity contribution in [2.24, 2.45) is 0 Å². The van der Waals surface area contributed by atoms with Crippen LogP contribution in [0.1, 0.15) is 27.4 Å². The third kappa shape index (κ3) is 3.46. The number of carboxylic acid groups (broad SMARTS) is 1. The smallest absolute Gasteiger partial charge is 0.335 e. The highest BCUT2D eigenvalue weighted by Gasteiger charge is 2.12. The molecular weight excluding hydrogens is 318 g/mol. The molecule has 0 fully saturated rings. The summed E-state index contributed by atoms with van der Waals surface area (Å²) < 4.78 is 1.00. The summed E-state index contributed by atoms with van der Waals surface area (Å²) in [6.07, 6.45) is 0.607. The lowest BCUT2D eigenvalue weighted by atomic mass is 9.93. The number of aromatic carboxylic acids is 1. The molecule has 1 N–H and O–H groups in total. The molecule has 20 heavy (non-hydrogen) atoms. The van der Waals surface area contributed by atoms with Gasteiger partial charge in [0.25, 0.3) is 0 Å². The first kappa shape index (κ1) is 14.3. The summed E-state index contributed by atoms with van der Waals surface area (Å²) in [6.45, 7) is 0. The summed E-state index contributed by atoms with van der Waals surface area (Å²) >= 11 is 3.37. The number of hydrogen-bond acceptors (Lipinski definition) is 2. The van der Waals surface area contributed by atoms with Crippen LogP contribution >= 0.6 is 15.9 Å². The van der Waals surface area contributed by atoms with Crippen molar-refractivity contribution in [3.63, 3.8) is 0 Å². The molecule has 0 aromatic heterocycles. The minimum Gasteiger partial charge on any atom is -0.478 e. The summed E-state index contributed by atoms with van der Waals surface area (Å²) in [7, 11) is 0. The summed E-state index contributed by atoms with van der Waals surface area (Å²) in [4.78, 5) is 10.8. The Morgan fingerprint density at radius 2 is 1.75 bits per heavy atom. The molecule has 0 spiro atoms. The zero-order valence-electron chi connectivity index (χ0n) is 10.6. The van der Waals surface area contributed by atoms with E-state index < -0.39 is 5.97 Å². The first-order valence-corrected chi connectivity index (χ1v) is 6.87. The molecule has 100 valence electrons. The molecule has 0 heterocycles. The Morgan fingerprint density at radius 1 is 1.15 bits per heavy atom. The van der Waals surface area contributed by atoms with Crippen LogP contribution in [-0.2, 0) is 6.42 Å². The SMILES string of the molecule is N#CC(Cc1ccc(Br)cc1)c1ccc(C(=O)O)cc1. The highest BCUT2D eigenvalue weighted by Crippen LogP contribution is 2.22. The molecule has 2 aromatic carbocycles. The number of halogens is 1. The van der Waals surface area contributed by atoms with Gasteiger partial charge in [0.15, 0.2) is 0 Å². The van der Waals surface area contributed by atoms with Crippen LogP contribution in [0.4, 0.5) is 0 Å². The maximum atomic E-state index is 10.8. The van der Waals surface area contributed by atoms with E-state index in [0.29, 0.717) is 6.42 Å². The second kappa shape index (κ2) is 6.36. The van der Waals surface area contributed by atoms with Gasteiger partial charge in [0.1, 0.15) is 0 Å². The van der Waals surface area contributed by atoms with Crippen LogP contribution in [-0.4, -0.2) is 11.1 Å². The molecule has 4 heteroatoms. The molecule has 0 radical (unpaired) electrons. The zero-order chi connectivity index (χ0) is 14.5. The van der Waals surface area contributed by atoms with Crippen LogP contribution < -0.4 is 0 Å². The summed E-state index contributed by atoms with van der Waals surface area (Å²) in [5, 5.41) is 18.2. The highest BCUT2D eigenvalue weighted by molar-refractivity contribution is 9.10. The molecule has 0 amide bonds. The van der Waals surface area contributed by atoms with Crippen molar-refractivity contribution in [1.82, 2.24) is 0 Å². The summed E-state index contributed by atoms with van der Waals surface area (Å²) in [5.41, 5.74) is 2.14. The average molecular weight is 330 g/mol. The first-order valence-electron chi connectivity index (χ1n) is 6.07. The van der Waals surface area contributed by atoms with Crippen molar-refractivity contribution < 1.29 is 9.90 Å². The quantitative estimate of drug-likeness (QED) is 0.922. The van der Waals surface area contributed by atoms with Gasteiger partial charge in [0.2, 0.25) is 0 Å². The fourth-order valence-corrected chi connectivity index (χ4v) is 2.22. The van der Waals surface area contributed by atoms with E-state index >= 15 is 0 Å². The Balaban J connectivity index is 2.18. The van der Waals surface area contributed by atoms with Crippen LogP contribution in [0.15, 0.2) is 53.0 Å². The van der Waals surface area contributed by atoms with E-state index in [9.17, 15) is 10.1 Å². The molecule has 3 nitrogen and oxygen atoms in total. The Morgan fingerprint density at radius 3 is 2.25 bits per heavy atom. The number of carbonyl (C=O) groups is 1. The monoisotopic (exact) mass is 329 g/mol. The Hall–Kier alpha value is -2.12. The van der Waals surface area contributed by atoms with Crippen molar-refractivity contribution in [2.45, 2.75) is 12.3 Å². The lowest BCUT2D eigenvalue weighted by Gasteiger charge is -2.10. The number of benzene rings is 2. The lowest BCUT2D eigenvalue weighted by molar-refractivity contribution is 0.0697. The Bertz CT molecular complexity index is 642. The second-order valence-corrected chi connectivity index (χ2v) is 5.36. The van der Waals surface area contributed by atoms with Gasteiger partial charge in [-0.05, 0) is 41.8 Å². The minimum absolute atomic E-state index is 0.231. The molecule has 0 saturated carbocycles. The van der Waals surface area contributed by atoms with Crippen LogP contribution in [0, 0.1) is 11.3 Å². The molecule has 1 unspecified atom stereocenters. The molecule has 0 bridgehead atoms. The summed E-state index contributed by atoms with van der Waals surface area (Å²) in [6, 6.07) is 16.6. The van der Waals surface area contributed by atoms with Crippen LogP contribution in [0.2, 0.25) is 0 Å². The molecule has 0 saturated heterocycles. The molecule has 2 rings (SSSR count). The van der Waals surface area contributed by atoms with Crippen LogP contribution in [0.25, 0.3) is 0 Å². The Labute approximate surface area is 125 Å². The number of rotatable bonds is 4. The van der Waals surface area contributed by atoms with Crippen molar-refractivity contribution in [2.75, 3.05) is 0 Å². The average Bonchev–Trinajstić information content (AvgIpc) is 2.47. The van der Waals surface area contributed by atoms with Gasteiger partial charge in [-0.1, -0.05) is 40.2 Å². The van der Waals surface area contributed by atoms with Crippen LogP contribution in [0.3, 0.4) is 0 Å². The van der Waals surface area contributed by atoms with Gasteiger partial charge >= 0.3 is 5.97 Å². The maximum absolute atomic E-state index is 10.8. The molecule has 0 aliphatic carbocycles. The molecular formula is C16H12BrNO2. The van der Waals surface area contributed by atoms with E-state index in [2.05, 4.69) is 22.0 Å². The normalized spacial score (nSPS) is 11.6. The van der Waals surface area contributed by atoms with E-state index in [1.807, 2.05) is 24.3 Å². The summed E-state index contributed by atoms with van der Waals surface area (Å²) in [5.74, 6) is -1.24. The molecule has 1 atom stereocenters. The van der Waals surface area contributed by atoms with E-state index in [4.69, 9.17) is 5.11 Å². The van der Waals surface area contributed by atoms with Gasteiger partial charge in [-0.25, -0.2) is 4.79 Å². The van der Waals surface area contributed by atoms with E-state index in [0.717, 1.165) is 15.6 Å². The van der Waals surface area contributed by atoms with Gasteiger partial charge in [0, 0.05) is 4.47 Å². The van der Waals surface area contributed by atoms with Crippen molar-refractivity contribution >= 4 is 21.9 Å². The van der Waals surface area contributed by atoms with Crippen LogP contribution in [0.5, 0.6) is 0 Å². The third-order valence-corrected chi connectivity index (χ3v) is 3.60. The van der Waals surface area contributed by atoms with Gasteiger partial charge < -0.3 is 5.11 Å². The van der Waals surface area contributed by atoms with Gasteiger partial charge in [-0.3, -0.25) is 0 Å². The lowest BCUT2D eigenvalue weighted by Crippen LogP contribution is -2.02. The zero-order valence-corrected chi connectivity index (χ0v) is 12.2. The fourth-order valence-electron chi connectivity index (χ4n) is 1.95. The molecule has 0 aliphatic heterocycles. The third-order valence-electron chi connectivity index (χ3n) is 3.07. The Kier molecular flexibility index (Phi) is 4.54. The van der Waals surface area contributed by atoms with E-state index in [-0.39, 0.29) is 11.5 Å². The van der Waals surface area contributed by atoms with E-state index in [1.54, 1.807) is 12.1 Å². The number of nitriles is 1. The van der Waals surface area contributed by atoms with Crippen molar-refractivity contribution in [1.29, 1.82) is 5.26 Å². The number of nitrogens with zero attached hydrogens (tertiary/aromatic N) is 1. The first-order chi connectivity index (χ1) is 9.60. The fraction of sp³-hybridized carbons (Fsp3) is 0.125. The van der Waals surface area contributed by atoms with Gasteiger partial charge in [-0.2, -0.15) is 5.26 Å². The van der Waals surface area contributed by atoms with Gasteiger partial charge in [0.05, 0.1) is 17.6 Å². The largest absolute Gasteiger partial charge is 0.478 e.